The average Bonchev–Trinajstić information content (AvgIpc) is 3.36. The topological polar surface area (TPSA) is 81.4 Å². The van der Waals surface area contributed by atoms with Gasteiger partial charge in [0.2, 0.25) is 5.88 Å². The Morgan fingerprint density at radius 3 is 2.62 bits per heavy atom. The molecule has 0 bridgehead atoms. The van der Waals surface area contributed by atoms with E-state index in [4.69, 9.17) is 20.9 Å². The fourth-order valence-corrected chi connectivity index (χ4v) is 4.61. The molecule has 1 fully saturated rings. The summed E-state index contributed by atoms with van der Waals surface area (Å²) in [6.07, 6.45) is 2.11. The Labute approximate surface area is 217 Å². The van der Waals surface area contributed by atoms with Crippen LogP contribution >= 0.6 is 11.6 Å². The van der Waals surface area contributed by atoms with Crippen LogP contribution in [0.5, 0.6) is 5.88 Å². The second-order valence-electron chi connectivity index (χ2n) is 8.93. The van der Waals surface area contributed by atoms with E-state index in [0.717, 1.165) is 6.07 Å². The molecule has 0 radical (unpaired) electrons. The van der Waals surface area contributed by atoms with Gasteiger partial charge in [0.25, 0.3) is 11.8 Å². The molecule has 5 rings (SSSR count). The summed E-state index contributed by atoms with van der Waals surface area (Å²) in [5, 5.41) is 4.29. The van der Waals surface area contributed by atoms with Gasteiger partial charge in [0, 0.05) is 48.3 Å². The van der Waals surface area contributed by atoms with Crippen molar-refractivity contribution in [3.8, 4) is 17.3 Å². The molecule has 0 saturated carbocycles. The summed E-state index contributed by atoms with van der Waals surface area (Å²) in [5.41, 5.74) is 1.82. The molecule has 190 valence electrons. The summed E-state index contributed by atoms with van der Waals surface area (Å²) in [6, 6.07) is 14.2. The lowest BCUT2D eigenvalue weighted by Crippen LogP contribution is -2.44. The van der Waals surface area contributed by atoms with Gasteiger partial charge in [0.05, 0.1) is 11.6 Å². The van der Waals surface area contributed by atoms with Crippen molar-refractivity contribution in [3.05, 3.63) is 94.4 Å². The van der Waals surface area contributed by atoms with Crippen LogP contribution in [0.3, 0.4) is 0 Å². The number of aromatic nitrogens is 3. The van der Waals surface area contributed by atoms with Crippen LogP contribution in [0.25, 0.3) is 11.5 Å². The maximum atomic E-state index is 14.1. The first kappa shape index (κ1) is 24.8. The van der Waals surface area contributed by atoms with Crippen molar-refractivity contribution in [3.63, 3.8) is 0 Å². The number of pyridine rings is 1. The SMILES string of the molecule is Cc1noc(-c2ccc(C(=O)N3CCC(COc4ccc(Cl)cn4)[C@@H](c4ccc(F)c(F)c4)C3)cc2)n1. The number of hydrogen-bond donors (Lipinski definition) is 0. The molecule has 4 aromatic rings. The zero-order valence-corrected chi connectivity index (χ0v) is 20.7. The molecule has 2 atom stereocenters. The molecular formula is C27H23ClF2N4O3. The molecule has 7 nitrogen and oxygen atoms in total. The summed E-state index contributed by atoms with van der Waals surface area (Å²) in [5.74, 6) is -0.977. The van der Waals surface area contributed by atoms with E-state index < -0.39 is 11.6 Å². The summed E-state index contributed by atoms with van der Waals surface area (Å²) in [4.78, 5) is 23.4. The van der Waals surface area contributed by atoms with E-state index in [1.54, 1.807) is 54.3 Å². The quantitative estimate of drug-likeness (QED) is 0.322. The number of carbonyl (C=O) groups is 1. The van der Waals surface area contributed by atoms with Crippen molar-refractivity contribution >= 4 is 17.5 Å². The summed E-state index contributed by atoms with van der Waals surface area (Å²) < 4.78 is 38.8. The zero-order chi connectivity index (χ0) is 25.9. The van der Waals surface area contributed by atoms with Gasteiger partial charge in [-0.05, 0) is 61.4 Å². The lowest BCUT2D eigenvalue weighted by molar-refractivity contribution is 0.0614. The Morgan fingerprint density at radius 2 is 1.95 bits per heavy atom. The number of benzene rings is 2. The molecule has 0 aliphatic carbocycles. The van der Waals surface area contributed by atoms with E-state index in [1.807, 2.05) is 0 Å². The van der Waals surface area contributed by atoms with E-state index in [0.29, 0.717) is 65.4 Å². The first-order valence-electron chi connectivity index (χ1n) is 11.8. The normalized spacial score (nSPS) is 17.6. The van der Waals surface area contributed by atoms with Crippen LogP contribution < -0.4 is 4.74 Å². The molecular weight excluding hydrogens is 502 g/mol. The van der Waals surface area contributed by atoms with Crippen molar-refractivity contribution < 1.29 is 22.8 Å². The summed E-state index contributed by atoms with van der Waals surface area (Å²) in [7, 11) is 0. The van der Waals surface area contributed by atoms with E-state index in [-0.39, 0.29) is 17.7 Å². The number of piperidine rings is 1. The molecule has 1 unspecified atom stereocenters. The highest BCUT2D eigenvalue weighted by molar-refractivity contribution is 6.30. The van der Waals surface area contributed by atoms with Gasteiger partial charge in [-0.15, -0.1) is 0 Å². The van der Waals surface area contributed by atoms with Crippen LogP contribution in [-0.2, 0) is 0 Å². The first-order valence-corrected chi connectivity index (χ1v) is 12.1. The Hall–Kier alpha value is -3.85. The summed E-state index contributed by atoms with van der Waals surface area (Å²) in [6.45, 7) is 2.86. The molecule has 3 heterocycles. The van der Waals surface area contributed by atoms with Crippen LogP contribution in [0.4, 0.5) is 8.78 Å². The fraction of sp³-hybridized carbons (Fsp3) is 0.259. The molecule has 1 saturated heterocycles. The highest BCUT2D eigenvalue weighted by Gasteiger charge is 2.34. The van der Waals surface area contributed by atoms with Gasteiger partial charge in [-0.2, -0.15) is 4.98 Å². The summed E-state index contributed by atoms with van der Waals surface area (Å²) >= 11 is 5.90. The average molecular weight is 525 g/mol. The molecule has 37 heavy (non-hydrogen) atoms. The van der Waals surface area contributed by atoms with Crippen molar-refractivity contribution in [1.82, 2.24) is 20.0 Å². The molecule has 2 aromatic carbocycles. The van der Waals surface area contributed by atoms with Gasteiger partial charge in [-0.25, -0.2) is 13.8 Å². The number of rotatable bonds is 6. The third-order valence-electron chi connectivity index (χ3n) is 6.47. The van der Waals surface area contributed by atoms with Gasteiger partial charge in [-0.3, -0.25) is 4.79 Å². The lowest BCUT2D eigenvalue weighted by Gasteiger charge is -2.39. The molecule has 0 spiro atoms. The molecule has 2 aromatic heterocycles. The number of aryl methyl sites for hydroxylation is 1. The lowest BCUT2D eigenvalue weighted by atomic mass is 9.81. The minimum Gasteiger partial charge on any atom is -0.477 e. The van der Waals surface area contributed by atoms with Gasteiger partial charge in [0.15, 0.2) is 17.5 Å². The Morgan fingerprint density at radius 1 is 1.14 bits per heavy atom. The predicted molar refractivity (Wildman–Crippen MR) is 132 cm³/mol. The highest BCUT2D eigenvalue weighted by Crippen LogP contribution is 2.34. The fourth-order valence-electron chi connectivity index (χ4n) is 4.50. The third kappa shape index (κ3) is 5.61. The number of likely N-dealkylation sites (tertiary alicyclic amines) is 1. The van der Waals surface area contributed by atoms with Gasteiger partial charge >= 0.3 is 0 Å². The highest BCUT2D eigenvalue weighted by atomic mass is 35.5. The maximum Gasteiger partial charge on any atom is 0.257 e. The third-order valence-corrected chi connectivity index (χ3v) is 6.69. The van der Waals surface area contributed by atoms with Crippen LogP contribution in [0.1, 0.15) is 34.1 Å². The molecule has 1 aliphatic heterocycles. The minimum atomic E-state index is -0.924. The predicted octanol–water partition coefficient (Wildman–Crippen LogP) is 5.70. The Bertz CT molecular complexity index is 1400. The van der Waals surface area contributed by atoms with Crippen LogP contribution in [0, 0.1) is 24.5 Å². The van der Waals surface area contributed by atoms with Gasteiger partial charge in [0.1, 0.15) is 0 Å². The Kier molecular flexibility index (Phi) is 7.14. The zero-order valence-electron chi connectivity index (χ0n) is 19.9. The van der Waals surface area contributed by atoms with Crippen LogP contribution in [0.15, 0.2) is 65.3 Å². The van der Waals surface area contributed by atoms with Gasteiger partial charge in [-0.1, -0.05) is 22.8 Å². The first-order chi connectivity index (χ1) is 17.9. The number of amides is 1. The van der Waals surface area contributed by atoms with E-state index in [9.17, 15) is 13.6 Å². The smallest absolute Gasteiger partial charge is 0.257 e. The molecule has 10 heteroatoms. The van der Waals surface area contributed by atoms with Crippen LogP contribution in [-0.4, -0.2) is 45.6 Å². The van der Waals surface area contributed by atoms with E-state index in [1.165, 1.54) is 12.3 Å². The van der Waals surface area contributed by atoms with Crippen LogP contribution in [0.2, 0.25) is 5.02 Å². The number of carbonyl (C=O) groups excluding carboxylic acids is 1. The van der Waals surface area contributed by atoms with E-state index in [2.05, 4.69) is 15.1 Å². The number of hydrogen-bond acceptors (Lipinski definition) is 6. The monoisotopic (exact) mass is 524 g/mol. The second kappa shape index (κ2) is 10.6. The second-order valence-corrected chi connectivity index (χ2v) is 9.37. The largest absolute Gasteiger partial charge is 0.477 e. The van der Waals surface area contributed by atoms with Crippen molar-refractivity contribution in [2.75, 3.05) is 19.7 Å². The van der Waals surface area contributed by atoms with Crippen molar-refractivity contribution in [2.45, 2.75) is 19.3 Å². The molecule has 1 aliphatic rings. The maximum absolute atomic E-state index is 14.1. The molecule has 1 amide bonds. The standard InChI is InChI=1S/C27H23ClF2N4O3/c1-16-32-26(37-33-16)17-2-4-18(5-3-17)27(35)34-11-10-20(15-36-25-9-7-21(28)13-31-25)22(14-34)19-6-8-23(29)24(30)12-19/h2-9,12-13,20,22H,10-11,14-15H2,1H3/t20?,22-/m1/s1. The van der Waals surface area contributed by atoms with Crippen molar-refractivity contribution in [2.24, 2.45) is 5.92 Å². The number of ether oxygens (including phenoxy) is 1. The van der Waals surface area contributed by atoms with E-state index >= 15 is 0 Å². The minimum absolute atomic E-state index is 0.0467. The Balaban J connectivity index is 1.34. The number of nitrogens with zero attached hydrogens (tertiary/aromatic N) is 4. The van der Waals surface area contributed by atoms with Gasteiger partial charge < -0.3 is 14.2 Å². The van der Waals surface area contributed by atoms with Crippen molar-refractivity contribution in [1.29, 1.82) is 0 Å². The number of halogens is 3. The molecule has 0 N–H and O–H groups in total.